The lowest BCUT2D eigenvalue weighted by atomic mass is 10.0. The summed E-state index contributed by atoms with van der Waals surface area (Å²) in [6.45, 7) is 0. The normalized spacial score (nSPS) is 13.2. The molecule has 1 heterocycles. The summed E-state index contributed by atoms with van der Waals surface area (Å²) >= 11 is 0. The number of carbonyl (C=O) groups excluding carboxylic acids is 1. The number of anilines is 1. The molecule has 6 nitrogen and oxygen atoms in total. The zero-order valence-electron chi connectivity index (χ0n) is 15.7. The topological polar surface area (TPSA) is 72.7 Å². The largest absolute Gasteiger partial charge is 0.322 e. The zero-order chi connectivity index (χ0) is 19.6. The van der Waals surface area contributed by atoms with Gasteiger partial charge in [0, 0.05) is 16.8 Å². The predicted octanol–water partition coefficient (Wildman–Crippen LogP) is 4.59. The SMILES string of the molecule is O=C(Nc1cccc(-c2nnnn2C2CC2)c1)c1ccc(-c2ccccc2)cc1. The van der Waals surface area contributed by atoms with Crippen LogP contribution in [-0.2, 0) is 0 Å². The first-order chi connectivity index (χ1) is 14.3. The van der Waals surface area contributed by atoms with Crippen molar-refractivity contribution in [3.63, 3.8) is 0 Å². The van der Waals surface area contributed by atoms with Gasteiger partial charge in [0.25, 0.3) is 5.91 Å². The molecule has 1 amide bonds. The van der Waals surface area contributed by atoms with Gasteiger partial charge in [0.15, 0.2) is 5.82 Å². The molecule has 142 valence electrons. The van der Waals surface area contributed by atoms with E-state index >= 15 is 0 Å². The minimum atomic E-state index is -0.149. The maximum absolute atomic E-state index is 12.7. The molecule has 0 spiro atoms. The summed E-state index contributed by atoms with van der Waals surface area (Å²) in [4.78, 5) is 12.7. The summed E-state index contributed by atoms with van der Waals surface area (Å²) in [7, 11) is 0. The fourth-order valence-corrected chi connectivity index (χ4v) is 3.33. The smallest absolute Gasteiger partial charge is 0.255 e. The zero-order valence-corrected chi connectivity index (χ0v) is 15.7. The molecule has 1 N–H and O–H groups in total. The molecule has 1 aliphatic rings. The van der Waals surface area contributed by atoms with Gasteiger partial charge in [-0.05, 0) is 58.7 Å². The fourth-order valence-electron chi connectivity index (χ4n) is 3.33. The predicted molar refractivity (Wildman–Crippen MR) is 111 cm³/mol. The van der Waals surface area contributed by atoms with E-state index in [0.29, 0.717) is 17.3 Å². The Balaban J connectivity index is 1.34. The maximum atomic E-state index is 12.7. The van der Waals surface area contributed by atoms with Crippen LogP contribution in [-0.4, -0.2) is 26.1 Å². The number of nitrogens with zero attached hydrogens (tertiary/aromatic N) is 4. The maximum Gasteiger partial charge on any atom is 0.255 e. The molecule has 3 aromatic carbocycles. The van der Waals surface area contributed by atoms with Crippen LogP contribution >= 0.6 is 0 Å². The summed E-state index contributed by atoms with van der Waals surface area (Å²) in [6.07, 6.45) is 2.21. The summed E-state index contributed by atoms with van der Waals surface area (Å²) in [6, 6.07) is 25.7. The van der Waals surface area contributed by atoms with Crippen molar-refractivity contribution in [2.75, 3.05) is 5.32 Å². The average molecular weight is 381 g/mol. The third-order valence-corrected chi connectivity index (χ3v) is 5.02. The first-order valence-corrected chi connectivity index (χ1v) is 9.63. The number of aromatic nitrogens is 4. The summed E-state index contributed by atoms with van der Waals surface area (Å²) in [5, 5.41) is 15.0. The molecule has 29 heavy (non-hydrogen) atoms. The van der Waals surface area contributed by atoms with E-state index in [1.165, 1.54) is 0 Å². The summed E-state index contributed by atoms with van der Waals surface area (Å²) in [5.41, 5.74) is 4.42. The van der Waals surface area contributed by atoms with Crippen molar-refractivity contribution in [3.8, 4) is 22.5 Å². The molecule has 5 rings (SSSR count). The number of benzene rings is 3. The van der Waals surface area contributed by atoms with Crippen LogP contribution < -0.4 is 5.32 Å². The molecule has 0 atom stereocenters. The molecule has 1 saturated carbocycles. The van der Waals surface area contributed by atoms with Crippen molar-refractivity contribution >= 4 is 11.6 Å². The quantitative estimate of drug-likeness (QED) is 0.549. The number of amides is 1. The van der Waals surface area contributed by atoms with Gasteiger partial charge >= 0.3 is 0 Å². The molecule has 4 aromatic rings. The lowest BCUT2D eigenvalue weighted by Gasteiger charge is -2.08. The fraction of sp³-hybridized carbons (Fsp3) is 0.130. The van der Waals surface area contributed by atoms with Gasteiger partial charge in [0.05, 0.1) is 6.04 Å². The first kappa shape index (κ1) is 17.3. The molecule has 1 fully saturated rings. The van der Waals surface area contributed by atoms with Gasteiger partial charge in [-0.25, -0.2) is 4.68 Å². The number of hydrogen-bond acceptors (Lipinski definition) is 4. The highest BCUT2D eigenvalue weighted by atomic mass is 16.1. The average Bonchev–Trinajstić information content (AvgIpc) is 3.50. The Kier molecular flexibility index (Phi) is 4.37. The van der Waals surface area contributed by atoms with Crippen LogP contribution in [0.15, 0.2) is 78.9 Å². The minimum Gasteiger partial charge on any atom is -0.322 e. The Morgan fingerprint density at radius 2 is 1.59 bits per heavy atom. The van der Waals surface area contributed by atoms with Crippen LogP contribution in [0.4, 0.5) is 5.69 Å². The highest BCUT2D eigenvalue weighted by Crippen LogP contribution is 2.36. The highest BCUT2D eigenvalue weighted by Gasteiger charge is 2.28. The molecule has 0 saturated heterocycles. The van der Waals surface area contributed by atoms with Crippen LogP contribution in [0, 0.1) is 0 Å². The second-order valence-corrected chi connectivity index (χ2v) is 7.16. The van der Waals surface area contributed by atoms with Crippen LogP contribution in [0.5, 0.6) is 0 Å². The van der Waals surface area contributed by atoms with E-state index in [4.69, 9.17) is 0 Å². The Labute approximate surface area is 168 Å². The molecule has 1 aromatic heterocycles. The van der Waals surface area contributed by atoms with E-state index in [-0.39, 0.29) is 5.91 Å². The molecule has 0 bridgehead atoms. The van der Waals surface area contributed by atoms with Gasteiger partial charge in [-0.3, -0.25) is 4.79 Å². The lowest BCUT2D eigenvalue weighted by Crippen LogP contribution is -2.11. The molecular formula is C23H19N5O. The standard InChI is InChI=1S/C23H19N5O/c29-23(18-11-9-17(10-12-18)16-5-2-1-3-6-16)24-20-8-4-7-19(15-20)22-25-26-27-28(22)21-13-14-21/h1-12,15,21H,13-14H2,(H,24,29). The Morgan fingerprint density at radius 1 is 0.862 bits per heavy atom. The van der Waals surface area contributed by atoms with Gasteiger partial charge in [0.2, 0.25) is 0 Å². The van der Waals surface area contributed by atoms with Gasteiger partial charge in [0.1, 0.15) is 0 Å². The lowest BCUT2D eigenvalue weighted by molar-refractivity contribution is 0.102. The minimum absolute atomic E-state index is 0.149. The van der Waals surface area contributed by atoms with Crippen molar-refractivity contribution in [3.05, 3.63) is 84.4 Å². The van der Waals surface area contributed by atoms with Crippen molar-refractivity contribution in [2.24, 2.45) is 0 Å². The van der Waals surface area contributed by atoms with E-state index < -0.39 is 0 Å². The van der Waals surface area contributed by atoms with E-state index in [1.54, 1.807) is 0 Å². The van der Waals surface area contributed by atoms with E-state index in [9.17, 15) is 4.79 Å². The van der Waals surface area contributed by atoms with Crippen LogP contribution in [0.2, 0.25) is 0 Å². The monoisotopic (exact) mass is 381 g/mol. The number of carbonyl (C=O) groups is 1. The summed E-state index contributed by atoms with van der Waals surface area (Å²) < 4.78 is 1.86. The van der Waals surface area contributed by atoms with Crippen LogP contribution in [0.25, 0.3) is 22.5 Å². The number of nitrogens with one attached hydrogen (secondary N) is 1. The Hall–Kier alpha value is -3.80. The second-order valence-electron chi connectivity index (χ2n) is 7.16. The summed E-state index contributed by atoms with van der Waals surface area (Å²) in [5.74, 6) is 0.583. The van der Waals surface area contributed by atoms with Crippen LogP contribution in [0.1, 0.15) is 29.2 Å². The highest BCUT2D eigenvalue weighted by molar-refractivity contribution is 6.04. The third kappa shape index (κ3) is 3.65. The van der Waals surface area contributed by atoms with Crippen molar-refractivity contribution < 1.29 is 4.79 Å². The second kappa shape index (κ2) is 7.31. The van der Waals surface area contributed by atoms with E-state index in [0.717, 1.165) is 35.4 Å². The van der Waals surface area contributed by atoms with Crippen LogP contribution in [0.3, 0.4) is 0 Å². The van der Waals surface area contributed by atoms with Crippen molar-refractivity contribution in [2.45, 2.75) is 18.9 Å². The van der Waals surface area contributed by atoms with E-state index in [1.807, 2.05) is 71.4 Å². The molecular weight excluding hydrogens is 362 g/mol. The van der Waals surface area contributed by atoms with Gasteiger partial charge in [-0.15, -0.1) is 5.10 Å². The Bertz CT molecular complexity index is 1150. The molecule has 0 radical (unpaired) electrons. The molecule has 0 aliphatic heterocycles. The third-order valence-electron chi connectivity index (χ3n) is 5.02. The van der Waals surface area contributed by atoms with E-state index in [2.05, 4.69) is 33.0 Å². The molecule has 0 unspecified atom stereocenters. The van der Waals surface area contributed by atoms with Crippen molar-refractivity contribution in [1.82, 2.24) is 20.2 Å². The Morgan fingerprint density at radius 3 is 2.34 bits per heavy atom. The number of tetrazole rings is 1. The van der Waals surface area contributed by atoms with Gasteiger partial charge < -0.3 is 5.32 Å². The van der Waals surface area contributed by atoms with Gasteiger partial charge in [-0.2, -0.15) is 0 Å². The molecule has 6 heteroatoms. The number of hydrogen-bond donors (Lipinski definition) is 1. The first-order valence-electron chi connectivity index (χ1n) is 9.63. The number of rotatable bonds is 5. The van der Waals surface area contributed by atoms with Crippen molar-refractivity contribution in [1.29, 1.82) is 0 Å². The molecule has 1 aliphatic carbocycles. The van der Waals surface area contributed by atoms with Gasteiger partial charge in [-0.1, -0.05) is 54.6 Å².